The largest absolute Gasteiger partial charge is 0.623 e. The molecule has 1 aromatic rings. The average molecular weight is 212 g/mol. The number of hydroxylamine groups is 1. The number of hydrogen-bond donors (Lipinski definition) is 0. The van der Waals surface area contributed by atoms with Crippen molar-refractivity contribution in [3.05, 3.63) is 40.1 Å². The van der Waals surface area contributed by atoms with Crippen LogP contribution in [0, 0.1) is 5.21 Å². The Labute approximate surface area is 89.4 Å². The zero-order valence-electron chi connectivity index (χ0n) is 8.62. The molecule has 0 saturated heterocycles. The van der Waals surface area contributed by atoms with Gasteiger partial charge in [0.25, 0.3) is 0 Å². The molecule has 0 heterocycles. The molecule has 0 bridgehead atoms. The van der Waals surface area contributed by atoms with E-state index in [-0.39, 0.29) is 0 Å². The normalized spacial score (nSPS) is 13.0. The van der Waals surface area contributed by atoms with Crippen LogP contribution in [0.5, 0.6) is 0 Å². The quantitative estimate of drug-likeness (QED) is 0.304. The summed E-state index contributed by atoms with van der Waals surface area (Å²) >= 11 is 5.73. The van der Waals surface area contributed by atoms with E-state index in [0.717, 1.165) is 10.3 Å². The molecule has 76 valence electrons. The Morgan fingerprint density at radius 3 is 2.14 bits per heavy atom. The topological polar surface area (TPSA) is 26.1 Å². The van der Waals surface area contributed by atoms with Crippen LogP contribution < -0.4 is 0 Å². The van der Waals surface area contributed by atoms with Crippen LogP contribution in [0.4, 0.5) is 0 Å². The van der Waals surface area contributed by atoms with Gasteiger partial charge in [-0.15, -0.1) is 0 Å². The second-order valence-electron chi connectivity index (χ2n) is 4.18. The van der Waals surface area contributed by atoms with Crippen LogP contribution in [0.15, 0.2) is 24.3 Å². The number of halogens is 1. The summed E-state index contributed by atoms with van der Waals surface area (Å²) < 4.78 is 0.941. The smallest absolute Gasteiger partial charge is 0.182 e. The molecule has 0 N–H and O–H groups in total. The van der Waals surface area contributed by atoms with Crippen molar-refractivity contribution >= 4 is 17.8 Å². The highest BCUT2D eigenvalue weighted by Crippen LogP contribution is 2.10. The van der Waals surface area contributed by atoms with Gasteiger partial charge in [-0.3, -0.25) is 0 Å². The van der Waals surface area contributed by atoms with Crippen molar-refractivity contribution in [1.29, 1.82) is 0 Å². The maximum absolute atomic E-state index is 11.5. The van der Waals surface area contributed by atoms with Crippen molar-refractivity contribution in [2.45, 2.75) is 26.3 Å². The lowest BCUT2D eigenvalue weighted by Gasteiger charge is -2.18. The summed E-state index contributed by atoms with van der Waals surface area (Å²) in [5.74, 6) is 0. The molecule has 0 aliphatic heterocycles. The van der Waals surface area contributed by atoms with Crippen LogP contribution in [0.3, 0.4) is 0 Å². The van der Waals surface area contributed by atoms with E-state index < -0.39 is 5.54 Å². The molecule has 0 saturated carbocycles. The lowest BCUT2D eigenvalue weighted by molar-refractivity contribution is -0.530. The van der Waals surface area contributed by atoms with Gasteiger partial charge in [0.1, 0.15) is 0 Å². The van der Waals surface area contributed by atoms with E-state index in [1.165, 1.54) is 0 Å². The first kappa shape index (κ1) is 11.1. The summed E-state index contributed by atoms with van der Waals surface area (Å²) in [4.78, 5) is 0. The van der Waals surface area contributed by atoms with Gasteiger partial charge in [-0.25, -0.2) is 4.74 Å². The highest BCUT2D eigenvalue weighted by Gasteiger charge is 2.17. The lowest BCUT2D eigenvalue weighted by Crippen LogP contribution is -2.29. The summed E-state index contributed by atoms with van der Waals surface area (Å²) in [7, 11) is 0. The van der Waals surface area contributed by atoms with Gasteiger partial charge in [0, 0.05) is 31.4 Å². The first-order chi connectivity index (χ1) is 6.39. The average Bonchev–Trinajstić information content (AvgIpc) is 2.07. The Morgan fingerprint density at radius 2 is 1.71 bits per heavy atom. The van der Waals surface area contributed by atoms with Crippen molar-refractivity contribution in [3.8, 4) is 0 Å². The maximum Gasteiger partial charge on any atom is 0.182 e. The SMILES string of the molecule is CC(C)(C)[N+]([O-])=Cc1ccc(Cl)cc1. The third kappa shape index (κ3) is 3.04. The molecule has 0 aliphatic rings. The molecule has 0 atom stereocenters. The summed E-state index contributed by atoms with van der Waals surface area (Å²) in [6, 6.07) is 7.17. The maximum atomic E-state index is 11.5. The molecule has 0 spiro atoms. The summed E-state index contributed by atoms with van der Waals surface area (Å²) in [6.45, 7) is 5.60. The molecule has 3 heteroatoms. The minimum absolute atomic E-state index is 0.403. The van der Waals surface area contributed by atoms with E-state index in [2.05, 4.69) is 0 Å². The minimum atomic E-state index is -0.403. The zero-order chi connectivity index (χ0) is 10.8. The van der Waals surface area contributed by atoms with Gasteiger partial charge < -0.3 is 5.21 Å². The van der Waals surface area contributed by atoms with Gasteiger partial charge in [0.2, 0.25) is 0 Å². The van der Waals surface area contributed by atoms with Gasteiger partial charge in [0.15, 0.2) is 11.8 Å². The lowest BCUT2D eigenvalue weighted by atomic mass is 10.1. The predicted octanol–water partition coefficient (Wildman–Crippen LogP) is 3.07. The van der Waals surface area contributed by atoms with Crippen LogP contribution in [-0.2, 0) is 0 Å². The fourth-order valence-electron chi connectivity index (χ4n) is 0.878. The zero-order valence-corrected chi connectivity index (χ0v) is 9.38. The van der Waals surface area contributed by atoms with Crippen molar-refractivity contribution in [1.82, 2.24) is 0 Å². The predicted molar refractivity (Wildman–Crippen MR) is 60.0 cm³/mol. The highest BCUT2D eigenvalue weighted by molar-refractivity contribution is 6.30. The Balaban J connectivity index is 2.93. The molecule has 1 aromatic carbocycles. The minimum Gasteiger partial charge on any atom is -0.623 e. The molecular weight excluding hydrogens is 198 g/mol. The molecule has 0 amide bonds. The van der Waals surface area contributed by atoms with Crippen molar-refractivity contribution in [2.24, 2.45) is 0 Å². The van der Waals surface area contributed by atoms with Gasteiger partial charge in [-0.1, -0.05) is 11.6 Å². The molecule has 0 aliphatic carbocycles. The second-order valence-corrected chi connectivity index (χ2v) is 4.61. The van der Waals surface area contributed by atoms with Gasteiger partial charge >= 0.3 is 0 Å². The monoisotopic (exact) mass is 211 g/mol. The fraction of sp³-hybridized carbons (Fsp3) is 0.364. The molecule has 0 unspecified atom stereocenters. The van der Waals surface area contributed by atoms with E-state index >= 15 is 0 Å². The van der Waals surface area contributed by atoms with E-state index in [1.807, 2.05) is 32.9 Å². The van der Waals surface area contributed by atoms with E-state index in [4.69, 9.17) is 11.6 Å². The van der Waals surface area contributed by atoms with Crippen LogP contribution in [0.1, 0.15) is 26.3 Å². The van der Waals surface area contributed by atoms with Gasteiger partial charge in [0.05, 0.1) is 0 Å². The van der Waals surface area contributed by atoms with Crippen LogP contribution in [-0.4, -0.2) is 16.5 Å². The third-order valence-corrected chi connectivity index (χ3v) is 2.05. The molecule has 0 radical (unpaired) electrons. The summed E-state index contributed by atoms with van der Waals surface area (Å²) in [5, 5.41) is 12.2. The van der Waals surface area contributed by atoms with Gasteiger partial charge in [-0.2, -0.15) is 0 Å². The second kappa shape index (κ2) is 4.01. The van der Waals surface area contributed by atoms with Crippen molar-refractivity contribution in [3.63, 3.8) is 0 Å². The molecular formula is C11H14ClNO. The highest BCUT2D eigenvalue weighted by atomic mass is 35.5. The molecule has 2 nitrogen and oxygen atoms in total. The van der Waals surface area contributed by atoms with Crippen LogP contribution in [0.25, 0.3) is 0 Å². The molecule has 1 rings (SSSR count). The van der Waals surface area contributed by atoms with Crippen molar-refractivity contribution in [2.75, 3.05) is 0 Å². The first-order valence-corrected chi connectivity index (χ1v) is 4.84. The molecule has 14 heavy (non-hydrogen) atoms. The Kier molecular flexibility index (Phi) is 3.17. The van der Waals surface area contributed by atoms with E-state index in [1.54, 1.807) is 18.3 Å². The van der Waals surface area contributed by atoms with E-state index in [0.29, 0.717) is 5.02 Å². The number of hydrogen-bond acceptors (Lipinski definition) is 1. The standard InChI is InChI=1S/C11H14ClNO/c1-11(2,3)13(14)8-9-4-6-10(12)7-5-9/h4-8H,1-3H3. The summed E-state index contributed by atoms with van der Waals surface area (Å²) in [6.07, 6.45) is 1.57. The third-order valence-electron chi connectivity index (χ3n) is 1.80. The van der Waals surface area contributed by atoms with Crippen molar-refractivity contribution < 1.29 is 4.74 Å². The molecule has 0 aromatic heterocycles. The first-order valence-electron chi connectivity index (χ1n) is 4.46. The van der Waals surface area contributed by atoms with Crippen LogP contribution >= 0.6 is 11.6 Å². The molecule has 0 fully saturated rings. The van der Waals surface area contributed by atoms with Crippen LogP contribution in [0.2, 0.25) is 5.02 Å². The Bertz CT molecular complexity index is 335. The number of nitrogens with zero attached hydrogens (tertiary/aromatic N) is 1. The van der Waals surface area contributed by atoms with E-state index in [9.17, 15) is 5.21 Å². The number of benzene rings is 1. The Hall–Kier alpha value is -1.02. The number of rotatable bonds is 1. The van der Waals surface area contributed by atoms with Gasteiger partial charge in [-0.05, 0) is 24.3 Å². The summed E-state index contributed by atoms with van der Waals surface area (Å²) in [5.41, 5.74) is 0.457. The Morgan fingerprint density at radius 1 is 1.21 bits per heavy atom. The fourth-order valence-corrected chi connectivity index (χ4v) is 1.00.